The summed E-state index contributed by atoms with van der Waals surface area (Å²) in [4.78, 5) is 4.32. The number of nitrogens with two attached hydrogens (primary N) is 1. The molecule has 1 heterocycles. The van der Waals surface area contributed by atoms with Crippen molar-refractivity contribution in [3.63, 3.8) is 0 Å². The fourth-order valence-corrected chi connectivity index (χ4v) is 2.06. The van der Waals surface area contributed by atoms with Crippen molar-refractivity contribution < 1.29 is 9.47 Å². The Labute approximate surface area is 146 Å². The molecule has 2 aromatic rings. The van der Waals surface area contributed by atoms with Crippen LogP contribution in [0.1, 0.15) is 11.1 Å². The average Bonchev–Trinajstić information content (AvgIpc) is 2.99. The first kappa shape index (κ1) is 16.4. The van der Waals surface area contributed by atoms with Crippen LogP contribution in [0.25, 0.3) is 0 Å². The summed E-state index contributed by atoms with van der Waals surface area (Å²) in [5.74, 6) is 1.97. The highest BCUT2D eigenvalue weighted by molar-refractivity contribution is 14.0. The van der Waals surface area contributed by atoms with E-state index in [-0.39, 0.29) is 30.8 Å². The van der Waals surface area contributed by atoms with E-state index in [0.717, 1.165) is 17.1 Å². The predicted molar refractivity (Wildman–Crippen MR) is 96.6 cm³/mol. The molecule has 22 heavy (non-hydrogen) atoms. The monoisotopic (exact) mass is 411 g/mol. The number of hydrogen-bond acceptors (Lipinski definition) is 3. The number of aliphatic imine (C=N–C) groups is 1. The van der Waals surface area contributed by atoms with Crippen LogP contribution in [0.4, 0.5) is 0 Å². The standard InChI is InChI=1S/C16H17N3O2.HI/c17-16(18-9-12-4-2-1-3-5-12)19-10-13-6-7-14-15(8-13)21-11-20-14;/h1-8H,9-11H2,(H3,17,18,19);1H. The molecule has 3 N–H and O–H groups in total. The van der Waals surface area contributed by atoms with Crippen LogP contribution in [0.3, 0.4) is 0 Å². The second kappa shape index (κ2) is 7.88. The summed E-state index contributed by atoms with van der Waals surface area (Å²) in [6.07, 6.45) is 0. The van der Waals surface area contributed by atoms with E-state index in [0.29, 0.717) is 19.0 Å². The molecule has 0 aliphatic carbocycles. The molecule has 116 valence electrons. The number of guanidine groups is 1. The molecule has 0 saturated carbocycles. The van der Waals surface area contributed by atoms with Crippen molar-refractivity contribution in [2.24, 2.45) is 10.7 Å². The van der Waals surface area contributed by atoms with Gasteiger partial charge < -0.3 is 20.5 Å². The number of ether oxygens (including phenoxy) is 2. The number of benzene rings is 2. The van der Waals surface area contributed by atoms with Gasteiger partial charge in [0.15, 0.2) is 17.5 Å². The Balaban J connectivity index is 0.00000176. The molecular weight excluding hydrogens is 393 g/mol. The van der Waals surface area contributed by atoms with E-state index < -0.39 is 0 Å². The Morgan fingerprint density at radius 3 is 2.64 bits per heavy atom. The summed E-state index contributed by atoms with van der Waals surface area (Å²) in [7, 11) is 0. The summed E-state index contributed by atoms with van der Waals surface area (Å²) in [5.41, 5.74) is 8.06. The van der Waals surface area contributed by atoms with Gasteiger partial charge in [-0.05, 0) is 23.3 Å². The fourth-order valence-electron chi connectivity index (χ4n) is 2.06. The van der Waals surface area contributed by atoms with Crippen LogP contribution in [0.2, 0.25) is 0 Å². The van der Waals surface area contributed by atoms with Crippen LogP contribution >= 0.6 is 24.0 Å². The van der Waals surface area contributed by atoms with E-state index in [1.807, 2.05) is 48.5 Å². The maximum Gasteiger partial charge on any atom is 0.231 e. The molecular formula is C16H18IN3O2. The molecule has 3 rings (SSSR count). The number of nitrogens with one attached hydrogen (secondary N) is 1. The molecule has 0 atom stereocenters. The molecule has 0 amide bonds. The third kappa shape index (κ3) is 4.27. The van der Waals surface area contributed by atoms with Gasteiger partial charge in [0, 0.05) is 6.54 Å². The van der Waals surface area contributed by atoms with Crippen LogP contribution < -0.4 is 20.5 Å². The zero-order valence-electron chi connectivity index (χ0n) is 12.0. The highest BCUT2D eigenvalue weighted by Crippen LogP contribution is 2.32. The van der Waals surface area contributed by atoms with E-state index in [1.165, 1.54) is 5.56 Å². The van der Waals surface area contributed by atoms with Crippen LogP contribution in [-0.2, 0) is 13.1 Å². The molecule has 0 saturated heterocycles. The van der Waals surface area contributed by atoms with Crippen molar-refractivity contribution in [3.05, 3.63) is 59.7 Å². The largest absolute Gasteiger partial charge is 0.454 e. The lowest BCUT2D eigenvalue weighted by atomic mass is 10.2. The quantitative estimate of drug-likeness (QED) is 0.461. The molecule has 0 fully saturated rings. The van der Waals surface area contributed by atoms with Gasteiger partial charge in [-0.15, -0.1) is 24.0 Å². The molecule has 0 radical (unpaired) electrons. The van der Waals surface area contributed by atoms with Crippen LogP contribution in [0, 0.1) is 0 Å². The number of rotatable bonds is 4. The van der Waals surface area contributed by atoms with Gasteiger partial charge in [-0.1, -0.05) is 36.4 Å². The molecule has 6 heteroatoms. The van der Waals surface area contributed by atoms with Crippen molar-refractivity contribution >= 4 is 29.9 Å². The first-order valence-corrected chi connectivity index (χ1v) is 6.77. The minimum atomic E-state index is 0. The van der Waals surface area contributed by atoms with Crippen molar-refractivity contribution in [2.45, 2.75) is 13.1 Å². The molecule has 1 aliphatic rings. The van der Waals surface area contributed by atoms with Gasteiger partial charge in [-0.3, -0.25) is 0 Å². The summed E-state index contributed by atoms with van der Waals surface area (Å²) in [6, 6.07) is 15.8. The van der Waals surface area contributed by atoms with Crippen molar-refractivity contribution in [1.29, 1.82) is 0 Å². The van der Waals surface area contributed by atoms with Crippen LogP contribution in [0.5, 0.6) is 11.5 Å². The molecule has 0 aromatic heterocycles. The number of nitrogens with zero attached hydrogens (tertiary/aromatic N) is 1. The summed E-state index contributed by atoms with van der Waals surface area (Å²) in [6.45, 7) is 1.45. The third-order valence-electron chi connectivity index (χ3n) is 3.19. The molecule has 0 unspecified atom stereocenters. The summed E-state index contributed by atoms with van der Waals surface area (Å²) >= 11 is 0. The summed E-state index contributed by atoms with van der Waals surface area (Å²) in [5, 5.41) is 3.09. The van der Waals surface area contributed by atoms with Gasteiger partial charge in [0.05, 0.1) is 6.54 Å². The van der Waals surface area contributed by atoms with Gasteiger partial charge in [0.2, 0.25) is 6.79 Å². The first-order chi connectivity index (χ1) is 10.3. The Morgan fingerprint density at radius 1 is 1.05 bits per heavy atom. The Bertz CT molecular complexity index is 647. The van der Waals surface area contributed by atoms with Crippen molar-refractivity contribution in [2.75, 3.05) is 6.79 Å². The van der Waals surface area contributed by atoms with Crippen molar-refractivity contribution in [1.82, 2.24) is 5.32 Å². The lowest BCUT2D eigenvalue weighted by molar-refractivity contribution is 0.174. The lowest BCUT2D eigenvalue weighted by Crippen LogP contribution is -2.31. The van der Waals surface area contributed by atoms with E-state index in [1.54, 1.807) is 0 Å². The second-order valence-corrected chi connectivity index (χ2v) is 4.73. The average molecular weight is 411 g/mol. The van der Waals surface area contributed by atoms with E-state index in [9.17, 15) is 0 Å². The molecule has 2 aromatic carbocycles. The number of hydrogen-bond donors (Lipinski definition) is 2. The number of fused-ring (bicyclic) bond motifs is 1. The Morgan fingerprint density at radius 2 is 1.82 bits per heavy atom. The van der Waals surface area contributed by atoms with Crippen LogP contribution in [-0.4, -0.2) is 12.8 Å². The molecule has 0 bridgehead atoms. The Kier molecular flexibility index (Phi) is 5.88. The zero-order chi connectivity index (χ0) is 14.5. The normalized spacial score (nSPS) is 12.6. The SMILES string of the molecule is I.NC(=NCc1ccc2c(c1)OCO2)NCc1ccccc1. The first-order valence-electron chi connectivity index (χ1n) is 6.77. The zero-order valence-corrected chi connectivity index (χ0v) is 14.3. The molecule has 5 nitrogen and oxygen atoms in total. The van der Waals surface area contributed by atoms with Crippen LogP contribution in [0.15, 0.2) is 53.5 Å². The van der Waals surface area contributed by atoms with E-state index in [2.05, 4.69) is 10.3 Å². The minimum Gasteiger partial charge on any atom is -0.454 e. The maximum atomic E-state index is 5.87. The molecule has 0 spiro atoms. The highest BCUT2D eigenvalue weighted by Gasteiger charge is 2.12. The second-order valence-electron chi connectivity index (χ2n) is 4.73. The topological polar surface area (TPSA) is 68.9 Å². The lowest BCUT2D eigenvalue weighted by Gasteiger charge is -2.06. The van der Waals surface area contributed by atoms with E-state index in [4.69, 9.17) is 15.2 Å². The maximum absolute atomic E-state index is 5.87. The van der Waals surface area contributed by atoms with Crippen molar-refractivity contribution in [3.8, 4) is 11.5 Å². The van der Waals surface area contributed by atoms with E-state index >= 15 is 0 Å². The van der Waals surface area contributed by atoms with Gasteiger partial charge >= 0.3 is 0 Å². The minimum absolute atomic E-state index is 0. The van der Waals surface area contributed by atoms with Gasteiger partial charge in [0.25, 0.3) is 0 Å². The predicted octanol–water partition coefficient (Wildman–Crippen LogP) is 2.64. The van der Waals surface area contributed by atoms with Gasteiger partial charge in [-0.2, -0.15) is 0 Å². The summed E-state index contributed by atoms with van der Waals surface area (Å²) < 4.78 is 10.6. The Hall–Kier alpha value is -1.96. The fraction of sp³-hybridized carbons (Fsp3) is 0.188. The highest BCUT2D eigenvalue weighted by atomic mass is 127. The van der Waals surface area contributed by atoms with Gasteiger partial charge in [-0.25, -0.2) is 4.99 Å². The van der Waals surface area contributed by atoms with Gasteiger partial charge in [0.1, 0.15) is 0 Å². The number of halogens is 1. The smallest absolute Gasteiger partial charge is 0.231 e. The third-order valence-corrected chi connectivity index (χ3v) is 3.19. The molecule has 1 aliphatic heterocycles.